The van der Waals surface area contributed by atoms with Gasteiger partial charge in [0.2, 0.25) is 5.91 Å². The van der Waals surface area contributed by atoms with Gasteiger partial charge in [0, 0.05) is 0 Å². The maximum Gasteiger partial charge on any atom is 0.312 e. The minimum absolute atomic E-state index is 0.397. The number of rotatable bonds is 4. The molecule has 0 rings (SSSR count). The highest BCUT2D eigenvalue weighted by atomic mass is 16.3. The molecule has 1 atom stereocenters. The molecule has 0 radical (unpaired) electrons. The molecule has 0 aliphatic carbocycles. The summed E-state index contributed by atoms with van der Waals surface area (Å²) in [5.74, 6) is -0.397. The second-order valence-corrected chi connectivity index (χ2v) is 4.90. The van der Waals surface area contributed by atoms with Crippen LogP contribution in [0.15, 0.2) is 0 Å². The number of amides is 3. The van der Waals surface area contributed by atoms with Crippen molar-refractivity contribution < 1.29 is 14.7 Å². The molecule has 5 N–H and O–H groups in total. The molecule has 6 heteroatoms. The van der Waals surface area contributed by atoms with E-state index in [9.17, 15) is 14.7 Å². The number of aliphatic hydroxyl groups is 1. The Balaban J connectivity index is 4.51. The highest BCUT2D eigenvalue weighted by molar-refractivity contribution is 5.86. The van der Waals surface area contributed by atoms with E-state index in [-0.39, 0.29) is 0 Å². The third-order valence-corrected chi connectivity index (χ3v) is 2.72. The maximum atomic E-state index is 11.6. The molecule has 0 aromatic rings. The summed E-state index contributed by atoms with van der Waals surface area (Å²) in [6, 6.07) is -1.50. The average Bonchev–Trinajstić information content (AvgIpc) is 1.99. The van der Waals surface area contributed by atoms with Crippen LogP contribution in [0.25, 0.3) is 0 Å². The number of nitrogens with one attached hydrogen (secondary N) is 2. The van der Waals surface area contributed by atoms with Gasteiger partial charge in [0.25, 0.3) is 0 Å². The van der Waals surface area contributed by atoms with Gasteiger partial charge in [-0.3, -0.25) is 4.79 Å². The molecule has 0 aromatic heterocycles. The Morgan fingerprint density at radius 2 is 1.69 bits per heavy atom. The molecule has 0 aromatic carbocycles. The van der Waals surface area contributed by atoms with E-state index >= 15 is 0 Å². The number of carbonyl (C=O) groups is 2. The predicted molar refractivity (Wildman–Crippen MR) is 60.7 cm³/mol. The fourth-order valence-corrected chi connectivity index (χ4v) is 0.848. The van der Waals surface area contributed by atoms with Crippen molar-refractivity contribution in [2.24, 2.45) is 5.73 Å². The highest BCUT2D eigenvalue weighted by Gasteiger charge is 2.37. The smallest absolute Gasteiger partial charge is 0.312 e. The van der Waals surface area contributed by atoms with E-state index < -0.39 is 29.1 Å². The summed E-state index contributed by atoms with van der Waals surface area (Å²) in [6.07, 6.45) is 0. The quantitative estimate of drug-likeness (QED) is 0.534. The highest BCUT2D eigenvalue weighted by Crippen LogP contribution is 2.20. The van der Waals surface area contributed by atoms with Crippen LogP contribution in [0, 0.1) is 0 Å². The zero-order chi connectivity index (χ0) is 13.1. The number of nitrogens with two attached hydrogens (primary N) is 1. The first-order valence-corrected chi connectivity index (χ1v) is 5.08. The van der Waals surface area contributed by atoms with E-state index in [1.165, 1.54) is 6.92 Å². The molecule has 0 fully saturated rings. The van der Waals surface area contributed by atoms with Crippen LogP contribution >= 0.6 is 0 Å². The van der Waals surface area contributed by atoms with E-state index in [1.807, 2.05) is 0 Å². The first kappa shape index (κ1) is 14.7. The van der Waals surface area contributed by atoms with Crippen molar-refractivity contribution in [2.45, 2.75) is 51.8 Å². The van der Waals surface area contributed by atoms with Crippen LogP contribution in [0.5, 0.6) is 0 Å². The molecule has 94 valence electrons. The number of primary amides is 1. The van der Waals surface area contributed by atoms with Crippen LogP contribution < -0.4 is 16.4 Å². The lowest BCUT2D eigenvalue weighted by molar-refractivity contribution is -0.127. The Hall–Kier alpha value is -1.30. The van der Waals surface area contributed by atoms with E-state index in [1.54, 1.807) is 27.7 Å². The molecule has 0 heterocycles. The van der Waals surface area contributed by atoms with Crippen molar-refractivity contribution in [3.05, 3.63) is 0 Å². The lowest BCUT2D eigenvalue weighted by Gasteiger charge is -2.38. The molecule has 0 aliphatic rings. The molecular weight excluding hydrogens is 210 g/mol. The monoisotopic (exact) mass is 231 g/mol. The van der Waals surface area contributed by atoms with Gasteiger partial charge in [-0.05, 0) is 34.6 Å². The average molecular weight is 231 g/mol. The molecule has 6 nitrogen and oxygen atoms in total. The zero-order valence-corrected chi connectivity index (χ0v) is 10.4. The maximum absolute atomic E-state index is 11.6. The van der Waals surface area contributed by atoms with Crippen molar-refractivity contribution >= 4 is 11.9 Å². The van der Waals surface area contributed by atoms with Crippen molar-refractivity contribution in [1.82, 2.24) is 10.6 Å². The number of urea groups is 1. The molecule has 0 spiro atoms. The van der Waals surface area contributed by atoms with Crippen LogP contribution in [0.1, 0.15) is 34.6 Å². The minimum Gasteiger partial charge on any atom is -0.388 e. The van der Waals surface area contributed by atoms with E-state index in [0.717, 1.165) is 0 Å². The van der Waals surface area contributed by atoms with Gasteiger partial charge >= 0.3 is 6.03 Å². The lowest BCUT2D eigenvalue weighted by atomic mass is 9.86. The third-order valence-electron chi connectivity index (χ3n) is 2.72. The third kappa shape index (κ3) is 4.06. The van der Waals surface area contributed by atoms with Crippen LogP contribution in [0.3, 0.4) is 0 Å². The van der Waals surface area contributed by atoms with E-state index in [2.05, 4.69) is 10.6 Å². The van der Waals surface area contributed by atoms with E-state index in [4.69, 9.17) is 5.73 Å². The summed E-state index contributed by atoms with van der Waals surface area (Å²) in [6.45, 7) is 8.10. The van der Waals surface area contributed by atoms with E-state index in [0.29, 0.717) is 0 Å². The second-order valence-electron chi connectivity index (χ2n) is 4.90. The largest absolute Gasteiger partial charge is 0.388 e. The molecule has 3 amide bonds. The first-order chi connectivity index (χ1) is 6.97. The summed E-state index contributed by atoms with van der Waals surface area (Å²) in [5.41, 5.74) is 3.02. The zero-order valence-electron chi connectivity index (χ0n) is 10.4. The Kier molecular flexibility index (Phi) is 4.31. The number of hydrogen-bond acceptors (Lipinski definition) is 3. The molecule has 1 unspecified atom stereocenters. The SMILES string of the molecule is CC(NC(N)=O)C(=O)NC(C)(C)C(C)(C)O. The van der Waals surface area contributed by atoms with Gasteiger partial charge in [-0.1, -0.05) is 0 Å². The topological polar surface area (TPSA) is 104 Å². The van der Waals surface area contributed by atoms with Crippen LogP contribution in [0.4, 0.5) is 4.79 Å². The van der Waals surface area contributed by atoms with Crippen molar-refractivity contribution in [2.75, 3.05) is 0 Å². The van der Waals surface area contributed by atoms with Crippen LogP contribution in [-0.2, 0) is 4.79 Å². The standard InChI is InChI=1S/C10H21N3O3/c1-6(12-8(11)15)7(14)13-9(2,3)10(4,5)16/h6,16H,1-5H3,(H,13,14)(H3,11,12,15). The van der Waals surface area contributed by atoms with Gasteiger partial charge in [0.1, 0.15) is 6.04 Å². The van der Waals surface area contributed by atoms with Crippen LogP contribution in [0.2, 0.25) is 0 Å². The Labute approximate surface area is 95.6 Å². The van der Waals surface area contributed by atoms with Crippen molar-refractivity contribution in [3.63, 3.8) is 0 Å². The summed E-state index contributed by atoms with van der Waals surface area (Å²) < 4.78 is 0. The van der Waals surface area contributed by atoms with Gasteiger partial charge in [0.15, 0.2) is 0 Å². The first-order valence-electron chi connectivity index (χ1n) is 5.08. The molecular formula is C10H21N3O3. The molecule has 0 saturated heterocycles. The normalized spacial score (nSPS) is 14.1. The second kappa shape index (κ2) is 4.69. The van der Waals surface area contributed by atoms with Gasteiger partial charge in [-0.15, -0.1) is 0 Å². The Bertz CT molecular complexity index is 282. The lowest BCUT2D eigenvalue weighted by Crippen LogP contribution is -2.61. The van der Waals surface area contributed by atoms with Crippen molar-refractivity contribution in [1.29, 1.82) is 0 Å². The van der Waals surface area contributed by atoms with Gasteiger partial charge in [-0.2, -0.15) is 0 Å². The summed E-state index contributed by atoms with van der Waals surface area (Å²) in [5, 5.41) is 14.7. The number of carbonyl (C=O) groups excluding carboxylic acids is 2. The Morgan fingerprint density at radius 1 is 1.25 bits per heavy atom. The Morgan fingerprint density at radius 3 is 2.00 bits per heavy atom. The number of hydrogen-bond donors (Lipinski definition) is 4. The summed E-state index contributed by atoms with van der Waals surface area (Å²) >= 11 is 0. The minimum atomic E-state index is -1.07. The van der Waals surface area contributed by atoms with Gasteiger partial charge < -0.3 is 21.5 Å². The predicted octanol–water partition coefficient (Wildman–Crippen LogP) is -0.291. The summed E-state index contributed by atoms with van der Waals surface area (Å²) in [4.78, 5) is 22.2. The summed E-state index contributed by atoms with van der Waals surface area (Å²) in [7, 11) is 0. The fourth-order valence-electron chi connectivity index (χ4n) is 0.848. The van der Waals surface area contributed by atoms with Crippen LogP contribution in [-0.4, -0.2) is 34.2 Å². The fraction of sp³-hybridized carbons (Fsp3) is 0.800. The van der Waals surface area contributed by atoms with Crippen molar-refractivity contribution in [3.8, 4) is 0 Å². The molecule has 0 saturated carbocycles. The molecule has 0 bridgehead atoms. The van der Waals surface area contributed by atoms with Gasteiger partial charge in [-0.25, -0.2) is 4.79 Å². The molecule has 16 heavy (non-hydrogen) atoms. The molecule has 0 aliphatic heterocycles. The van der Waals surface area contributed by atoms with Gasteiger partial charge in [0.05, 0.1) is 11.1 Å².